The third-order valence-corrected chi connectivity index (χ3v) is 6.92. The zero-order chi connectivity index (χ0) is 23.1. The van der Waals surface area contributed by atoms with Gasteiger partial charge in [-0.2, -0.15) is 0 Å². The molecule has 0 fully saturated rings. The molecule has 0 aliphatic carbocycles. The molecule has 166 valence electrons. The van der Waals surface area contributed by atoms with Gasteiger partial charge in [0.15, 0.2) is 0 Å². The van der Waals surface area contributed by atoms with E-state index in [1.807, 2.05) is 49.6 Å². The Morgan fingerprint density at radius 1 is 1.22 bits per heavy atom. The highest BCUT2D eigenvalue weighted by molar-refractivity contribution is 14.2. The van der Waals surface area contributed by atoms with E-state index in [4.69, 9.17) is 33.3 Å². The van der Waals surface area contributed by atoms with Gasteiger partial charge in [-0.3, -0.25) is 4.98 Å². The smallest absolute Gasteiger partial charge is 0.124 e. The Kier molecular flexibility index (Phi) is 9.61. The Morgan fingerprint density at radius 3 is 2.59 bits per heavy atom. The average Bonchev–Trinajstić information content (AvgIpc) is 2.79. The maximum Gasteiger partial charge on any atom is 0.124 e. The average molecular weight is 617 g/mol. The summed E-state index contributed by atoms with van der Waals surface area (Å²) >= 11 is 16.4. The molecule has 0 saturated heterocycles. The van der Waals surface area contributed by atoms with E-state index in [2.05, 4.69) is 37.1 Å². The maximum absolute atomic E-state index is 8.63. The van der Waals surface area contributed by atoms with Gasteiger partial charge in [0.1, 0.15) is 11.9 Å². The van der Waals surface area contributed by atoms with E-state index in [1.54, 1.807) is 36.4 Å². The molecule has 5 nitrogen and oxygen atoms in total. The van der Waals surface area contributed by atoms with Gasteiger partial charge >= 0.3 is 0 Å². The molecule has 32 heavy (non-hydrogen) atoms. The zero-order valence-electron chi connectivity index (χ0n) is 17.2. The number of thioether (sulfide) groups is 1. The van der Waals surface area contributed by atoms with Crippen molar-refractivity contribution < 1.29 is 4.74 Å². The van der Waals surface area contributed by atoms with Gasteiger partial charge in [0.25, 0.3) is 0 Å². The first-order valence-corrected chi connectivity index (χ1v) is 15.5. The van der Waals surface area contributed by atoms with Crippen LogP contribution in [-0.4, -0.2) is 21.9 Å². The van der Waals surface area contributed by atoms with Gasteiger partial charge in [0, 0.05) is 41.8 Å². The first-order chi connectivity index (χ1) is 15.4. The van der Waals surface area contributed by atoms with Crippen LogP contribution < -0.4 is 9.82 Å². The molecule has 2 atom stereocenters. The summed E-state index contributed by atoms with van der Waals surface area (Å²) in [6, 6.07) is 9.57. The standard InChI is InChI=1S/C22H20Cl2IN4OPS/c1-13(22-17(23)11-27-12-18(22)24)30-15-5-7-20(29-31-25)16(9-15)19(26)6-3-14-4-8-21(32-2)28-10-14/h3-13,26,29,31H,1-2H3/b6-3+,26-19?/t13-/m1/s1. The fraction of sp³-hybridized carbons (Fsp3) is 0.136. The lowest BCUT2D eigenvalue weighted by Gasteiger charge is -2.19. The molecule has 0 radical (unpaired) electrons. The molecule has 0 aliphatic rings. The lowest BCUT2D eigenvalue weighted by Crippen LogP contribution is -2.07. The summed E-state index contributed by atoms with van der Waals surface area (Å²) < 4.78 is 6.12. The third-order valence-electron chi connectivity index (χ3n) is 4.48. The van der Waals surface area contributed by atoms with Crippen LogP contribution in [0.3, 0.4) is 0 Å². The number of hydrogen-bond donors (Lipinski definition) is 2. The molecule has 0 amide bonds. The highest BCUT2D eigenvalue weighted by Crippen LogP contribution is 2.35. The molecule has 0 saturated carbocycles. The number of allylic oxidation sites excluding steroid dienone is 1. The number of nitrogens with one attached hydrogen (secondary N) is 2. The van der Waals surface area contributed by atoms with Gasteiger partial charge in [0.05, 0.1) is 20.8 Å². The minimum atomic E-state index is -0.387. The predicted molar refractivity (Wildman–Crippen MR) is 148 cm³/mol. The van der Waals surface area contributed by atoms with E-state index in [1.165, 1.54) is 0 Å². The van der Waals surface area contributed by atoms with Crippen molar-refractivity contribution in [3.8, 4) is 5.75 Å². The lowest BCUT2D eigenvalue weighted by molar-refractivity contribution is 0.227. The normalized spacial score (nSPS) is 12.4. The summed E-state index contributed by atoms with van der Waals surface area (Å²) in [6.07, 6.45) is 10.6. The van der Waals surface area contributed by atoms with Crippen molar-refractivity contribution in [3.63, 3.8) is 0 Å². The predicted octanol–water partition coefficient (Wildman–Crippen LogP) is 8.08. The van der Waals surface area contributed by atoms with Crippen LogP contribution in [0.15, 0.2) is 60.0 Å². The number of aromatic nitrogens is 2. The van der Waals surface area contributed by atoms with Crippen LogP contribution in [0.5, 0.6) is 5.75 Å². The monoisotopic (exact) mass is 616 g/mol. The minimum absolute atomic E-state index is 0.356. The number of halogens is 3. The molecule has 1 unspecified atom stereocenters. The molecule has 2 N–H and O–H groups in total. The molecular weight excluding hydrogens is 597 g/mol. The fourth-order valence-electron chi connectivity index (χ4n) is 2.93. The number of ether oxygens (including phenoxy) is 1. The van der Waals surface area contributed by atoms with E-state index in [0.717, 1.165) is 21.8 Å². The Balaban J connectivity index is 1.84. The first kappa shape index (κ1) is 25.2. The first-order valence-electron chi connectivity index (χ1n) is 9.41. The van der Waals surface area contributed by atoms with Gasteiger partial charge in [-0.1, -0.05) is 35.3 Å². The maximum atomic E-state index is 8.63. The third kappa shape index (κ3) is 6.58. The molecule has 10 heteroatoms. The number of hydrogen-bond acceptors (Lipinski definition) is 6. The minimum Gasteiger partial charge on any atom is -0.486 e. The molecule has 3 aromatic rings. The SMILES string of the molecule is CSc1ccc(/C=C/C(=N)c2cc(O[C@H](C)c3c(Cl)cncc3Cl)ccc2NPI)cn1. The molecule has 2 heterocycles. The highest BCUT2D eigenvalue weighted by atomic mass is 127. The number of anilines is 1. The van der Waals surface area contributed by atoms with Crippen molar-refractivity contribution in [1.82, 2.24) is 9.97 Å². The fourth-order valence-corrected chi connectivity index (χ4v) is 5.16. The molecule has 1 aromatic carbocycles. The van der Waals surface area contributed by atoms with Crippen LogP contribution in [0.4, 0.5) is 5.69 Å². The zero-order valence-corrected chi connectivity index (χ0v) is 22.7. The van der Waals surface area contributed by atoms with Crippen LogP contribution in [0.2, 0.25) is 10.0 Å². The van der Waals surface area contributed by atoms with Crippen molar-refractivity contribution >= 4 is 80.9 Å². The topological polar surface area (TPSA) is 70.9 Å². The van der Waals surface area contributed by atoms with Crippen molar-refractivity contribution in [1.29, 1.82) is 5.41 Å². The summed E-state index contributed by atoms with van der Waals surface area (Å²) in [4.78, 5) is 8.36. The van der Waals surface area contributed by atoms with Crippen LogP contribution in [0.25, 0.3) is 6.08 Å². The largest absolute Gasteiger partial charge is 0.486 e. The summed E-state index contributed by atoms with van der Waals surface area (Å²) in [5.74, 6) is 0.614. The van der Waals surface area contributed by atoms with Gasteiger partial charge in [-0.05, 0) is 71.1 Å². The quantitative estimate of drug-likeness (QED) is 0.110. The van der Waals surface area contributed by atoms with E-state index < -0.39 is 0 Å². The molecule has 3 rings (SSSR count). The lowest BCUT2D eigenvalue weighted by atomic mass is 10.1. The van der Waals surface area contributed by atoms with E-state index >= 15 is 0 Å². The van der Waals surface area contributed by atoms with Gasteiger partial charge in [-0.15, -0.1) is 11.8 Å². The number of nitrogens with zero attached hydrogens (tertiary/aromatic N) is 2. The van der Waals surface area contributed by atoms with Crippen LogP contribution in [0, 0.1) is 5.41 Å². The van der Waals surface area contributed by atoms with Crippen LogP contribution in [0.1, 0.15) is 29.7 Å². The summed E-state index contributed by atoms with van der Waals surface area (Å²) in [6.45, 7) is 1.88. The molecule has 0 aliphatic heterocycles. The second kappa shape index (κ2) is 12.2. The Labute approximate surface area is 216 Å². The number of benzene rings is 1. The van der Waals surface area contributed by atoms with Crippen molar-refractivity contribution in [2.24, 2.45) is 0 Å². The molecular formula is C22H20Cl2IN4OPS. The van der Waals surface area contributed by atoms with Crippen molar-refractivity contribution in [2.75, 3.05) is 11.3 Å². The molecule has 2 aromatic heterocycles. The molecule has 0 spiro atoms. The van der Waals surface area contributed by atoms with Gasteiger partial charge < -0.3 is 15.2 Å². The second-order valence-corrected chi connectivity index (χ2v) is 10.3. The Morgan fingerprint density at radius 2 is 1.97 bits per heavy atom. The van der Waals surface area contributed by atoms with Gasteiger partial charge in [0.2, 0.25) is 0 Å². The number of rotatable bonds is 9. The summed E-state index contributed by atoms with van der Waals surface area (Å²) in [5, 5.41) is 13.8. The Hall–Kier alpha value is -1.38. The summed E-state index contributed by atoms with van der Waals surface area (Å²) in [5.41, 5.74) is 3.56. The summed E-state index contributed by atoms with van der Waals surface area (Å²) in [7, 11) is 0. The molecule has 0 bridgehead atoms. The highest BCUT2D eigenvalue weighted by Gasteiger charge is 2.17. The number of pyridine rings is 2. The second-order valence-electron chi connectivity index (χ2n) is 6.58. The van der Waals surface area contributed by atoms with Crippen molar-refractivity contribution in [3.05, 3.63) is 81.7 Å². The van der Waals surface area contributed by atoms with E-state index in [-0.39, 0.29) is 6.10 Å². The Bertz CT molecular complexity index is 1110. The van der Waals surface area contributed by atoms with Crippen LogP contribution >= 0.6 is 63.4 Å². The van der Waals surface area contributed by atoms with Crippen molar-refractivity contribution in [2.45, 2.75) is 18.1 Å². The van der Waals surface area contributed by atoms with Gasteiger partial charge in [-0.25, -0.2) is 4.98 Å². The van der Waals surface area contributed by atoms with E-state index in [9.17, 15) is 0 Å². The van der Waals surface area contributed by atoms with E-state index in [0.29, 0.717) is 33.4 Å². The van der Waals surface area contributed by atoms with Crippen LogP contribution in [-0.2, 0) is 0 Å².